The van der Waals surface area contributed by atoms with Crippen molar-refractivity contribution in [1.29, 1.82) is 0 Å². The molecule has 3 rings (SSSR count). The number of carbonyl (C=O) groups is 2. The summed E-state index contributed by atoms with van der Waals surface area (Å²) in [5, 5.41) is 5.73. The second-order valence-corrected chi connectivity index (χ2v) is 7.09. The molecule has 2 amide bonds. The zero-order valence-corrected chi connectivity index (χ0v) is 16.6. The van der Waals surface area contributed by atoms with E-state index in [0.29, 0.717) is 12.1 Å². The van der Waals surface area contributed by atoms with Crippen molar-refractivity contribution in [3.05, 3.63) is 83.7 Å². The number of pyridine rings is 1. The van der Waals surface area contributed by atoms with Gasteiger partial charge in [0.25, 0.3) is 5.91 Å². The summed E-state index contributed by atoms with van der Waals surface area (Å²) in [6.45, 7) is 4.60. The molecule has 1 aliphatic rings. The lowest BCUT2D eigenvalue weighted by Crippen LogP contribution is -2.32. The second-order valence-electron chi connectivity index (χ2n) is 7.09. The van der Waals surface area contributed by atoms with E-state index < -0.39 is 6.09 Å². The summed E-state index contributed by atoms with van der Waals surface area (Å²) in [7, 11) is 0. The fourth-order valence-corrected chi connectivity index (χ4v) is 3.06. The normalized spacial score (nSPS) is 17.9. The SMILES string of the molecule is Cc1ccccc1NC(=O)C1=CC(C)C(CNC(=O)OCc2cccnc2)C=C1. The third kappa shape index (κ3) is 5.78. The second kappa shape index (κ2) is 9.68. The van der Waals surface area contributed by atoms with E-state index in [1.54, 1.807) is 24.5 Å². The van der Waals surface area contributed by atoms with Crippen LogP contribution in [-0.2, 0) is 16.1 Å². The molecule has 0 radical (unpaired) electrons. The fraction of sp³-hybridized carbons (Fsp3) is 0.261. The maximum atomic E-state index is 12.5. The molecule has 2 aromatic rings. The summed E-state index contributed by atoms with van der Waals surface area (Å²) in [5.41, 5.74) is 3.28. The van der Waals surface area contributed by atoms with Gasteiger partial charge in [-0.15, -0.1) is 0 Å². The minimum atomic E-state index is -0.471. The van der Waals surface area contributed by atoms with Crippen LogP contribution in [-0.4, -0.2) is 23.5 Å². The average molecular weight is 391 g/mol. The number of allylic oxidation sites excluding steroid dienone is 1. The van der Waals surface area contributed by atoms with Crippen molar-refractivity contribution < 1.29 is 14.3 Å². The molecule has 1 aromatic heterocycles. The van der Waals surface area contributed by atoms with Crippen LogP contribution in [0.2, 0.25) is 0 Å². The van der Waals surface area contributed by atoms with Crippen LogP contribution >= 0.6 is 0 Å². The summed E-state index contributed by atoms with van der Waals surface area (Å²) in [4.78, 5) is 28.4. The van der Waals surface area contributed by atoms with Crippen molar-refractivity contribution >= 4 is 17.7 Å². The number of benzene rings is 1. The van der Waals surface area contributed by atoms with E-state index >= 15 is 0 Å². The lowest BCUT2D eigenvalue weighted by Gasteiger charge is -2.23. The summed E-state index contributed by atoms with van der Waals surface area (Å²) in [6.07, 6.45) is 8.55. The van der Waals surface area contributed by atoms with Crippen molar-refractivity contribution in [3.63, 3.8) is 0 Å². The molecule has 6 nitrogen and oxygen atoms in total. The number of nitrogens with zero attached hydrogens (tertiary/aromatic N) is 1. The summed E-state index contributed by atoms with van der Waals surface area (Å²) < 4.78 is 5.20. The molecular weight excluding hydrogens is 366 g/mol. The van der Waals surface area contributed by atoms with Crippen LogP contribution in [0, 0.1) is 18.8 Å². The highest BCUT2D eigenvalue weighted by molar-refractivity contribution is 6.06. The number of aromatic nitrogens is 1. The van der Waals surface area contributed by atoms with Crippen LogP contribution in [0.1, 0.15) is 18.1 Å². The molecule has 1 heterocycles. The third-order valence-electron chi connectivity index (χ3n) is 4.87. The van der Waals surface area contributed by atoms with Gasteiger partial charge in [0.15, 0.2) is 0 Å². The van der Waals surface area contributed by atoms with Crippen LogP contribution in [0.3, 0.4) is 0 Å². The first-order chi connectivity index (χ1) is 14.0. The maximum absolute atomic E-state index is 12.5. The number of alkyl carbamates (subject to hydrolysis) is 1. The molecule has 29 heavy (non-hydrogen) atoms. The molecule has 6 heteroatoms. The van der Waals surface area contributed by atoms with Crippen LogP contribution in [0.4, 0.5) is 10.5 Å². The summed E-state index contributed by atoms with van der Waals surface area (Å²) >= 11 is 0. The van der Waals surface area contributed by atoms with E-state index in [1.165, 1.54) is 0 Å². The Hall–Kier alpha value is -3.41. The largest absolute Gasteiger partial charge is 0.445 e. The number of para-hydroxylation sites is 1. The molecule has 150 valence electrons. The monoisotopic (exact) mass is 391 g/mol. The van der Waals surface area contributed by atoms with Gasteiger partial charge in [-0.25, -0.2) is 4.79 Å². The van der Waals surface area contributed by atoms with Crippen LogP contribution < -0.4 is 10.6 Å². The molecule has 0 aliphatic heterocycles. The van der Waals surface area contributed by atoms with Crippen LogP contribution in [0.15, 0.2) is 72.6 Å². The van der Waals surface area contributed by atoms with Gasteiger partial charge in [-0.1, -0.05) is 49.4 Å². The van der Waals surface area contributed by atoms with Gasteiger partial charge in [0, 0.05) is 41.7 Å². The molecule has 0 saturated heterocycles. The Labute approximate surface area is 170 Å². The molecule has 2 N–H and O–H groups in total. The Morgan fingerprint density at radius 2 is 2.00 bits per heavy atom. The van der Waals surface area contributed by atoms with Crippen molar-refractivity contribution in [1.82, 2.24) is 10.3 Å². The van der Waals surface area contributed by atoms with E-state index in [1.807, 2.05) is 56.3 Å². The van der Waals surface area contributed by atoms with Crippen molar-refractivity contribution in [2.75, 3.05) is 11.9 Å². The highest BCUT2D eigenvalue weighted by atomic mass is 16.5. The van der Waals surface area contributed by atoms with E-state index in [4.69, 9.17) is 4.74 Å². The number of ether oxygens (including phenoxy) is 1. The first kappa shape index (κ1) is 20.3. The smallest absolute Gasteiger partial charge is 0.407 e. The number of anilines is 1. The van der Waals surface area contributed by atoms with Crippen molar-refractivity contribution in [2.24, 2.45) is 11.8 Å². The fourth-order valence-electron chi connectivity index (χ4n) is 3.06. The number of rotatable bonds is 6. The molecule has 1 aliphatic carbocycles. The van der Waals surface area contributed by atoms with Crippen LogP contribution in [0.5, 0.6) is 0 Å². The summed E-state index contributed by atoms with van der Waals surface area (Å²) in [6, 6.07) is 11.3. The average Bonchev–Trinajstić information content (AvgIpc) is 2.73. The van der Waals surface area contributed by atoms with Gasteiger partial charge >= 0.3 is 6.09 Å². The number of aryl methyl sites for hydroxylation is 1. The van der Waals surface area contributed by atoms with Gasteiger partial charge in [0.2, 0.25) is 0 Å². The molecule has 0 bridgehead atoms. The van der Waals surface area contributed by atoms with E-state index in [0.717, 1.165) is 16.8 Å². The van der Waals surface area contributed by atoms with Crippen LogP contribution in [0.25, 0.3) is 0 Å². The molecule has 2 atom stereocenters. The maximum Gasteiger partial charge on any atom is 0.407 e. The Bertz CT molecular complexity index is 922. The highest BCUT2D eigenvalue weighted by Crippen LogP contribution is 2.24. The number of hydrogen-bond donors (Lipinski definition) is 2. The lowest BCUT2D eigenvalue weighted by atomic mass is 9.87. The topological polar surface area (TPSA) is 80.3 Å². The van der Waals surface area contributed by atoms with Gasteiger partial charge in [-0.2, -0.15) is 0 Å². The minimum Gasteiger partial charge on any atom is -0.445 e. The molecule has 2 unspecified atom stereocenters. The molecule has 1 aromatic carbocycles. The zero-order valence-electron chi connectivity index (χ0n) is 16.6. The van der Waals surface area contributed by atoms with Crippen molar-refractivity contribution in [3.8, 4) is 0 Å². The third-order valence-corrected chi connectivity index (χ3v) is 4.87. The molecule has 0 saturated carbocycles. The van der Waals surface area contributed by atoms with Crippen molar-refractivity contribution in [2.45, 2.75) is 20.5 Å². The van der Waals surface area contributed by atoms with Gasteiger partial charge < -0.3 is 15.4 Å². The Morgan fingerprint density at radius 3 is 2.72 bits per heavy atom. The molecule has 0 fully saturated rings. The van der Waals surface area contributed by atoms with E-state index in [-0.39, 0.29) is 24.3 Å². The first-order valence-electron chi connectivity index (χ1n) is 9.59. The first-order valence-corrected chi connectivity index (χ1v) is 9.59. The van der Waals surface area contributed by atoms with Gasteiger partial charge in [-0.3, -0.25) is 9.78 Å². The quantitative estimate of drug-likeness (QED) is 0.780. The summed E-state index contributed by atoms with van der Waals surface area (Å²) in [5.74, 6) is 0.0666. The molecular formula is C23H25N3O3. The zero-order chi connectivity index (χ0) is 20.6. The van der Waals surface area contributed by atoms with Gasteiger partial charge in [0.1, 0.15) is 6.61 Å². The van der Waals surface area contributed by atoms with Gasteiger partial charge in [-0.05, 0) is 30.5 Å². The Balaban J connectivity index is 1.47. The highest BCUT2D eigenvalue weighted by Gasteiger charge is 2.21. The number of amides is 2. The van der Waals surface area contributed by atoms with E-state index in [9.17, 15) is 9.59 Å². The number of nitrogens with one attached hydrogen (secondary N) is 2. The molecule has 0 spiro atoms. The lowest BCUT2D eigenvalue weighted by molar-refractivity contribution is -0.112. The van der Waals surface area contributed by atoms with E-state index in [2.05, 4.69) is 15.6 Å². The van der Waals surface area contributed by atoms with Gasteiger partial charge in [0.05, 0.1) is 0 Å². The predicted octanol–water partition coefficient (Wildman–Crippen LogP) is 4.00. The Kier molecular flexibility index (Phi) is 6.79. The number of carbonyl (C=O) groups excluding carboxylic acids is 2. The predicted molar refractivity (Wildman–Crippen MR) is 112 cm³/mol. The standard InChI is InChI=1S/C23H25N3O3/c1-16-6-3-4-8-21(16)26-22(27)19-9-10-20(17(2)12-19)14-25-23(28)29-15-18-7-5-11-24-13-18/h3-13,17,20H,14-15H2,1-2H3,(H,25,28)(H,26,27). The number of hydrogen-bond acceptors (Lipinski definition) is 4. The minimum absolute atomic E-state index is 0.0935. The Morgan fingerprint density at radius 1 is 1.17 bits per heavy atom.